The number of nitrogens with zero attached hydrogens (tertiary/aromatic N) is 4. The van der Waals surface area contributed by atoms with Gasteiger partial charge in [0.05, 0.1) is 12.5 Å². The molecule has 0 aromatic carbocycles. The summed E-state index contributed by atoms with van der Waals surface area (Å²) in [4.78, 5) is 11.2. The maximum Gasteiger partial charge on any atom is 0.305 e. The van der Waals surface area contributed by atoms with Crippen LogP contribution in [-0.2, 0) is 15.1 Å². The molecule has 1 aromatic heterocycles. The highest BCUT2D eigenvalue weighted by Gasteiger charge is 2.34. The summed E-state index contributed by atoms with van der Waals surface area (Å²) in [5.74, 6) is -0.288. The lowest BCUT2D eigenvalue weighted by Gasteiger charge is -2.30. The molecule has 7 heteroatoms. The van der Waals surface area contributed by atoms with Crippen LogP contribution in [0.15, 0.2) is 0 Å². The molecule has 120 valence electrons. The second kappa shape index (κ2) is 6.51. The van der Waals surface area contributed by atoms with Crippen molar-refractivity contribution in [2.45, 2.75) is 65.5 Å². The number of ether oxygens (including phenoxy) is 1. The summed E-state index contributed by atoms with van der Waals surface area (Å²) in [6.07, 6.45) is 1.35. The van der Waals surface area contributed by atoms with E-state index in [-0.39, 0.29) is 17.9 Å². The molecule has 0 bridgehead atoms. The summed E-state index contributed by atoms with van der Waals surface area (Å²) >= 11 is 0. The molecule has 1 rings (SSSR count). The van der Waals surface area contributed by atoms with E-state index < -0.39 is 11.6 Å². The van der Waals surface area contributed by atoms with Crippen LogP contribution in [0, 0.1) is 5.41 Å². The van der Waals surface area contributed by atoms with E-state index >= 15 is 0 Å². The zero-order chi connectivity index (χ0) is 16.3. The molecule has 2 unspecified atom stereocenters. The molecular formula is C14H26N4O3. The number of carboxylic acid groups (broad SMARTS) is 1. The van der Waals surface area contributed by atoms with E-state index in [2.05, 4.69) is 36.3 Å². The molecule has 0 amide bonds. The van der Waals surface area contributed by atoms with Crippen LogP contribution in [0.5, 0.6) is 0 Å². The Kier molecular flexibility index (Phi) is 5.44. The number of carboxylic acids is 1. The molecule has 0 fully saturated rings. The summed E-state index contributed by atoms with van der Waals surface area (Å²) in [6, 6.07) is -0.298. The van der Waals surface area contributed by atoms with E-state index in [1.54, 1.807) is 11.8 Å². The van der Waals surface area contributed by atoms with E-state index in [1.165, 1.54) is 0 Å². The van der Waals surface area contributed by atoms with Crippen molar-refractivity contribution in [3.63, 3.8) is 0 Å². The van der Waals surface area contributed by atoms with Crippen LogP contribution in [0.4, 0.5) is 0 Å². The number of methoxy groups -OCH3 is 1. The molecule has 0 radical (unpaired) electrons. The van der Waals surface area contributed by atoms with E-state index in [0.29, 0.717) is 18.7 Å². The molecule has 21 heavy (non-hydrogen) atoms. The fourth-order valence-corrected chi connectivity index (χ4v) is 2.33. The smallest absolute Gasteiger partial charge is 0.305 e. The van der Waals surface area contributed by atoms with Crippen molar-refractivity contribution in [1.82, 2.24) is 20.2 Å². The minimum absolute atomic E-state index is 0.0151. The molecule has 0 spiro atoms. The second-order valence-corrected chi connectivity index (χ2v) is 6.75. The van der Waals surface area contributed by atoms with Gasteiger partial charge in [-0.2, -0.15) is 0 Å². The van der Waals surface area contributed by atoms with Gasteiger partial charge in [-0.15, -0.1) is 5.10 Å². The third kappa shape index (κ3) is 4.49. The highest BCUT2D eigenvalue weighted by Crippen LogP contribution is 2.33. The van der Waals surface area contributed by atoms with Crippen LogP contribution in [0.2, 0.25) is 0 Å². The molecule has 0 aliphatic rings. The Bertz CT molecular complexity index is 475. The van der Waals surface area contributed by atoms with Crippen LogP contribution >= 0.6 is 0 Å². The van der Waals surface area contributed by atoms with Crippen LogP contribution < -0.4 is 0 Å². The topological polar surface area (TPSA) is 90.1 Å². The first-order chi connectivity index (χ1) is 9.63. The minimum atomic E-state index is -0.860. The number of aromatic nitrogens is 4. The first kappa shape index (κ1) is 17.6. The summed E-state index contributed by atoms with van der Waals surface area (Å²) in [5, 5.41) is 21.0. The van der Waals surface area contributed by atoms with Crippen molar-refractivity contribution in [1.29, 1.82) is 0 Å². The maximum absolute atomic E-state index is 11.2. The maximum atomic E-state index is 11.2. The van der Waals surface area contributed by atoms with Gasteiger partial charge >= 0.3 is 5.97 Å². The second-order valence-electron chi connectivity index (χ2n) is 6.75. The quantitative estimate of drug-likeness (QED) is 0.831. The normalized spacial score (nSPS) is 16.5. The molecule has 0 saturated carbocycles. The number of rotatable bonds is 7. The van der Waals surface area contributed by atoms with E-state index in [9.17, 15) is 9.90 Å². The first-order valence-electron chi connectivity index (χ1n) is 7.18. The third-order valence-corrected chi connectivity index (χ3v) is 3.70. The van der Waals surface area contributed by atoms with E-state index in [0.717, 1.165) is 0 Å². The van der Waals surface area contributed by atoms with Gasteiger partial charge < -0.3 is 9.84 Å². The minimum Gasteiger partial charge on any atom is -0.481 e. The summed E-state index contributed by atoms with van der Waals surface area (Å²) in [6.45, 7) is 10.1. The fourth-order valence-electron chi connectivity index (χ4n) is 2.33. The molecule has 7 nitrogen and oxygen atoms in total. The number of hydrogen-bond acceptors (Lipinski definition) is 5. The van der Waals surface area contributed by atoms with Gasteiger partial charge in [0.15, 0.2) is 5.82 Å². The SMILES string of the molecule is CCC(C)(OC)c1nnnn1C(CC(=O)O)CC(C)(C)C. The number of carbonyl (C=O) groups is 1. The number of tetrazole rings is 1. The Morgan fingerprint density at radius 1 is 1.38 bits per heavy atom. The summed E-state index contributed by atoms with van der Waals surface area (Å²) in [5.41, 5.74) is -0.656. The molecular weight excluding hydrogens is 272 g/mol. The van der Waals surface area contributed by atoms with Gasteiger partial charge in [0.1, 0.15) is 5.60 Å². The van der Waals surface area contributed by atoms with Crippen molar-refractivity contribution in [3.8, 4) is 0 Å². The average molecular weight is 298 g/mol. The molecule has 2 atom stereocenters. The van der Waals surface area contributed by atoms with Crippen LogP contribution in [0.3, 0.4) is 0 Å². The molecule has 0 saturated heterocycles. The fraction of sp³-hybridized carbons (Fsp3) is 0.857. The standard InChI is InChI=1S/C14H26N4O3/c1-7-14(5,21-6)12-15-16-17-18(12)10(8-11(19)20)9-13(2,3)4/h10H,7-9H2,1-6H3,(H,19,20). The van der Waals surface area contributed by atoms with Crippen molar-refractivity contribution in [3.05, 3.63) is 5.82 Å². The van der Waals surface area contributed by atoms with Crippen molar-refractivity contribution in [2.75, 3.05) is 7.11 Å². The Morgan fingerprint density at radius 3 is 2.43 bits per heavy atom. The first-order valence-corrected chi connectivity index (χ1v) is 7.18. The van der Waals surface area contributed by atoms with Crippen molar-refractivity contribution < 1.29 is 14.6 Å². The predicted octanol–water partition coefficient (Wildman–Crippen LogP) is 2.40. The molecule has 1 aromatic rings. The Labute approximate surface area is 125 Å². The lowest BCUT2D eigenvalue weighted by molar-refractivity contribution is -0.138. The van der Waals surface area contributed by atoms with Gasteiger partial charge in [0.25, 0.3) is 0 Å². The Hall–Kier alpha value is -1.50. The van der Waals surface area contributed by atoms with Gasteiger partial charge in [-0.1, -0.05) is 27.7 Å². The molecule has 0 aliphatic heterocycles. The predicted molar refractivity (Wildman–Crippen MR) is 77.8 cm³/mol. The number of aliphatic carboxylic acids is 1. The summed E-state index contributed by atoms with van der Waals surface area (Å²) < 4.78 is 7.16. The zero-order valence-corrected chi connectivity index (χ0v) is 13.8. The lowest BCUT2D eigenvalue weighted by Crippen LogP contribution is -2.32. The molecule has 1 N–H and O–H groups in total. The summed E-state index contributed by atoms with van der Waals surface area (Å²) in [7, 11) is 1.61. The van der Waals surface area contributed by atoms with E-state index in [4.69, 9.17) is 4.74 Å². The van der Waals surface area contributed by atoms with Crippen LogP contribution in [-0.4, -0.2) is 38.4 Å². The zero-order valence-electron chi connectivity index (χ0n) is 13.8. The lowest BCUT2D eigenvalue weighted by atomic mass is 9.86. The van der Waals surface area contributed by atoms with E-state index in [1.807, 2.05) is 13.8 Å². The van der Waals surface area contributed by atoms with Gasteiger partial charge in [-0.05, 0) is 35.6 Å². The highest BCUT2D eigenvalue weighted by molar-refractivity contribution is 5.67. The third-order valence-electron chi connectivity index (χ3n) is 3.70. The van der Waals surface area contributed by atoms with Gasteiger partial charge in [-0.25, -0.2) is 4.68 Å². The monoisotopic (exact) mass is 298 g/mol. The van der Waals surface area contributed by atoms with Crippen molar-refractivity contribution in [2.24, 2.45) is 5.41 Å². The van der Waals surface area contributed by atoms with Gasteiger partial charge in [0.2, 0.25) is 0 Å². The van der Waals surface area contributed by atoms with Gasteiger partial charge in [-0.3, -0.25) is 4.79 Å². The average Bonchev–Trinajstić information content (AvgIpc) is 2.84. The molecule has 0 aliphatic carbocycles. The van der Waals surface area contributed by atoms with Crippen LogP contribution in [0.25, 0.3) is 0 Å². The number of hydrogen-bond donors (Lipinski definition) is 1. The van der Waals surface area contributed by atoms with Crippen molar-refractivity contribution >= 4 is 5.97 Å². The highest BCUT2D eigenvalue weighted by atomic mass is 16.5. The molecule has 1 heterocycles. The largest absolute Gasteiger partial charge is 0.481 e. The van der Waals surface area contributed by atoms with Gasteiger partial charge in [0, 0.05) is 7.11 Å². The Morgan fingerprint density at radius 2 is 2.00 bits per heavy atom. The Balaban J connectivity index is 3.20. The van der Waals surface area contributed by atoms with Crippen LogP contribution in [0.1, 0.15) is 65.7 Å².